The number of ether oxygens (including phenoxy) is 2. The van der Waals surface area contributed by atoms with E-state index in [9.17, 15) is 4.79 Å². The third kappa shape index (κ3) is 2.40. The first kappa shape index (κ1) is 12.7. The fourth-order valence-corrected chi connectivity index (χ4v) is 2.61. The van der Waals surface area contributed by atoms with E-state index in [1.54, 1.807) is 30.8 Å². The van der Waals surface area contributed by atoms with Crippen molar-refractivity contribution in [2.75, 3.05) is 7.11 Å². The van der Waals surface area contributed by atoms with Gasteiger partial charge in [0.25, 0.3) is 0 Å². The largest absolute Gasteiger partial charge is 0.497 e. The number of carbonyl (C=O) groups is 1. The van der Waals surface area contributed by atoms with Crippen molar-refractivity contribution < 1.29 is 14.3 Å². The maximum absolute atomic E-state index is 12.1. The van der Waals surface area contributed by atoms with Crippen LogP contribution in [-0.2, 0) is 4.74 Å². The van der Waals surface area contributed by atoms with Crippen molar-refractivity contribution in [2.24, 2.45) is 0 Å². The molecule has 0 spiro atoms. The average Bonchev–Trinajstić information content (AvgIpc) is 2.67. The number of thioether (sulfide) groups is 1. The molecular formula is C15H11NO3S. The summed E-state index contributed by atoms with van der Waals surface area (Å²) in [6.45, 7) is 0. The van der Waals surface area contributed by atoms with Crippen LogP contribution in [0.3, 0.4) is 0 Å². The predicted molar refractivity (Wildman–Crippen MR) is 76.5 cm³/mol. The van der Waals surface area contributed by atoms with E-state index in [-0.39, 0.29) is 5.97 Å². The van der Waals surface area contributed by atoms with E-state index in [1.165, 1.54) is 11.8 Å². The van der Waals surface area contributed by atoms with Crippen LogP contribution in [0.1, 0.15) is 15.9 Å². The van der Waals surface area contributed by atoms with E-state index in [4.69, 9.17) is 9.47 Å². The van der Waals surface area contributed by atoms with Gasteiger partial charge in [0.1, 0.15) is 16.5 Å². The van der Waals surface area contributed by atoms with E-state index in [1.807, 2.05) is 24.3 Å². The maximum Gasteiger partial charge on any atom is 0.346 e. The summed E-state index contributed by atoms with van der Waals surface area (Å²) < 4.78 is 10.5. The highest BCUT2D eigenvalue weighted by Crippen LogP contribution is 2.32. The zero-order valence-corrected chi connectivity index (χ0v) is 11.5. The molecule has 1 aromatic carbocycles. The summed E-state index contributed by atoms with van der Waals surface area (Å²) in [7, 11) is 1.61. The Balaban J connectivity index is 1.93. The van der Waals surface area contributed by atoms with E-state index in [0.29, 0.717) is 16.3 Å². The van der Waals surface area contributed by atoms with Crippen LogP contribution in [0.5, 0.6) is 5.75 Å². The first-order chi connectivity index (χ1) is 9.78. The van der Waals surface area contributed by atoms with Gasteiger partial charge in [-0.1, -0.05) is 11.8 Å². The summed E-state index contributed by atoms with van der Waals surface area (Å²) in [5, 5.41) is 2.44. The topological polar surface area (TPSA) is 48.4 Å². The van der Waals surface area contributed by atoms with Crippen molar-refractivity contribution >= 4 is 23.5 Å². The van der Waals surface area contributed by atoms with Crippen molar-refractivity contribution in [3.63, 3.8) is 0 Å². The highest BCUT2D eigenvalue weighted by atomic mass is 32.2. The zero-order valence-electron chi connectivity index (χ0n) is 10.7. The minimum atomic E-state index is -0.389. The number of pyridine rings is 1. The number of nitrogens with zero attached hydrogens (tertiary/aromatic N) is 1. The third-order valence-electron chi connectivity index (χ3n) is 2.85. The number of hydrogen-bond acceptors (Lipinski definition) is 5. The van der Waals surface area contributed by atoms with Gasteiger partial charge < -0.3 is 9.47 Å². The molecule has 0 radical (unpaired) electrons. The highest BCUT2D eigenvalue weighted by Gasteiger charge is 2.20. The molecule has 2 aromatic rings. The fourth-order valence-electron chi connectivity index (χ4n) is 1.81. The summed E-state index contributed by atoms with van der Waals surface area (Å²) >= 11 is 1.38. The van der Waals surface area contributed by atoms with Gasteiger partial charge >= 0.3 is 5.97 Å². The van der Waals surface area contributed by atoms with Crippen molar-refractivity contribution in [3.8, 4) is 5.75 Å². The third-order valence-corrected chi connectivity index (χ3v) is 3.73. The van der Waals surface area contributed by atoms with Gasteiger partial charge in [0.15, 0.2) is 0 Å². The van der Waals surface area contributed by atoms with Crippen LogP contribution >= 0.6 is 11.8 Å². The Morgan fingerprint density at radius 1 is 1.20 bits per heavy atom. The normalized spacial score (nSPS) is 13.8. The van der Waals surface area contributed by atoms with Gasteiger partial charge in [-0.2, -0.15) is 0 Å². The van der Waals surface area contributed by atoms with Crippen LogP contribution < -0.4 is 4.74 Å². The Labute approximate surface area is 120 Å². The lowest BCUT2D eigenvalue weighted by Gasteiger charge is -2.07. The highest BCUT2D eigenvalue weighted by molar-refractivity contribution is 8.02. The number of aromatic nitrogens is 1. The average molecular weight is 285 g/mol. The molecule has 0 unspecified atom stereocenters. The van der Waals surface area contributed by atoms with Gasteiger partial charge in [-0.3, -0.25) is 0 Å². The van der Waals surface area contributed by atoms with Gasteiger partial charge in [0.05, 0.1) is 12.7 Å². The minimum Gasteiger partial charge on any atom is -0.497 e. The van der Waals surface area contributed by atoms with Crippen molar-refractivity contribution in [1.29, 1.82) is 0 Å². The molecule has 0 N–H and O–H groups in total. The molecule has 0 saturated carbocycles. The molecule has 0 bridgehead atoms. The Morgan fingerprint density at radius 2 is 2.00 bits per heavy atom. The van der Waals surface area contributed by atoms with Crippen molar-refractivity contribution in [1.82, 2.24) is 4.98 Å². The minimum absolute atomic E-state index is 0.389. The summed E-state index contributed by atoms with van der Waals surface area (Å²) in [6.07, 6.45) is 1.66. The Morgan fingerprint density at radius 3 is 2.75 bits per heavy atom. The summed E-state index contributed by atoms with van der Waals surface area (Å²) in [4.78, 5) is 16.3. The number of rotatable bonds is 2. The van der Waals surface area contributed by atoms with Gasteiger partial charge in [-0.15, -0.1) is 0 Å². The molecule has 0 atom stereocenters. The SMILES string of the molecule is COc1ccc(C2=CSc3ncccc3C(=O)O2)cc1. The lowest BCUT2D eigenvalue weighted by Crippen LogP contribution is -2.04. The monoisotopic (exact) mass is 285 g/mol. The van der Waals surface area contributed by atoms with Crippen LogP contribution in [-0.4, -0.2) is 18.1 Å². The summed E-state index contributed by atoms with van der Waals surface area (Å²) in [5.74, 6) is 0.882. The number of carbonyl (C=O) groups excluding carboxylic acids is 1. The Bertz CT molecular complexity index is 680. The number of benzene rings is 1. The molecular weight excluding hydrogens is 274 g/mol. The van der Waals surface area contributed by atoms with Crippen LogP contribution in [0.15, 0.2) is 53.0 Å². The van der Waals surface area contributed by atoms with E-state index >= 15 is 0 Å². The van der Waals surface area contributed by atoms with Gasteiger partial charge in [0, 0.05) is 17.2 Å². The first-order valence-electron chi connectivity index (χ1n) is 5.96. The van der Waals surface area contributed by atoms with Gasteiger partial charge in [-0.05, 0) is 36.4 Å². The first-order valence-corrected chi connectivity index (χ1v) is 6.84. The molecule has 0 saturated heterocycles. The van der Waals surface area contributed by atoms with Crippen LogP contribution in [0.25, 0.3) is 5.76 Å². The van der Waals surface area contributed by atoms with E-state index in [2.05, 4.69) is 4.98 Å². The van der Waals surface area contributed by atoms with Gasteiger partial charge in [0.2, 0.25) is 0 Å². The number of esters is 1. The van der Waals surface area contributed by atoms with Crippen LogP contribution in [0.2, 0.25) is 0 Å². The van der Waals surface area contributed by atoms with Crippen molar-refractivity contribution in [2.45, 2.75) is 5.03 Å². The molecule has 1 aromatic heterocycles. The molecule has 2 heterocycles. The second kappa shape index (κ2) is 5.38. The second-order valence-electron chi connectivity index (χ2n) is 4.07. The molecule has 0 amide bonds. The van der Waals surface area contributed by atoms with E-state index in [0.717, 1.165) is 11.3 Å². The lowest BCUT2D eigenvalue weighted by molar-refractivity contribution is 0.0689. The number of fused-ring (bicyclic) bond motifs is 1. The number of cyclic esters (lactones) is 1. The predicted octanol–water partition coefficient (Wildman–Crippen LogP) is 3.35. The molecule has 0 aliphatic carbocycles. The summed E-state index contributed by atoms with van der Waals surface area (Å²) in [6, 6.07) is 10.8. The van der Waals surface area contributed by atoms with Crippen LogP contribution in [0.4, 0.5) is 0 Å². The quantitative estimate of drug-likeness (QED) is 0.792. The number of methoxy groups -OCH3 is 1. The molecule has 5 heteroatoms. The summed E-state index contributed by atoms with van der Waals surface area (Å²) in [5.41, 5.74) is 1.30. The van der Waals surface area contributed by atoms with Crippen LogP contribution in [0, 0.1) is 0 Å². The zero-order chi connectivity index (χ0) is 13.9. The molecule has 3 rings (SSSR count). The van der Waals surface area contributed by atoms with Crippen molar-refractivity contribution in [3.05, 3.63) is 59.1 Å². The Kier molecular flexibility index (Phi) is 3.43. The smallest absolute Gasteiger partial charge is 0.346 e. The number of hydrogen-bond donors (Lipinski definition) is 0. The van der Waals surface area contributed by atoms with E-state index < -0.39 is 0 Å². The molecule has 20 heavy (non-hydrogen) atoms. The second-order valence-corrected chi connectivity index (χ2v) is 4.93. The molecule has 1 aliphatic heterocycles. The molecule has 4 nitrogen and oxygen atoms in total. The standard InChI is InChI=1S/C15H11NO3S/c1-18-11-6-4-10(5-7-11)13-9-20-14-12(15(17)19-13)3-2-8-16-14/h2-9H,1H3. The fraction of sp³-hybridized carbons (Fsp3) is 0.0667. The molecule has 1 aliphatic rings. The molecule has 100 valence electrons. The Hall–Kier alpha value is -2.27. The van der Waals surface area contributed by atoms with Gasteiger partial charge in [-0.25, -0.2) is 9.78 Å². The molecule has 0 fully saturated rings. The lowest BCUT2D eigenvalue weighted by atomic mass is 10.2. The maximum atomic E-state index is 12.1.